The first-order valence-electron chi connectivity index (χ1n) is 5.00. The van der Waals surface area contributed by atoms with Crippen LogP contribution in [-0.2, 0) is 13.0 Å². The zero-order valence-corrected chi connectivity index (χ0v) is 8.60. The molecule has 0 bridgehead atoms. The van der Waals surface area contributed by atoms with E-state index >= 15 is 0 Å². The van der Waals surface area contributed by atoms with E-state index in [0.717, 1.165) is 29.0 Å². The van der Waals surface area contributed by atoms with E-state index in [1.165, 1.54) is 0 Å². The number of aliphatic hydroxyl groups is 1. The van der Waals surface area contributed by atoms with Gasteiger partial charge in [-0.15, -0.1) is 0 Å². The number of hydrogen-bond donors (Lipinski definition) is 1. The van der Waals surface area contributed by atoms with Crippen molar-refractivity contribution in [3.63, 3.8) is 0 Å². The highest BCUT2D eigenvalue weighted by Gasteiger charge is 2.14. The van der Waals surface area contributed by atoms with Crippen molar-refractivity contribution >= 4 is 0 Å². The first kappa shape index (κ1) is 9.93. The molecule has 0 radical (unpaired) electrons. The van der Waals surface area contributed by atoms with Crippen LogP contribution in [0.25, 0.3) is 11.3 Å². The van der Waals surface area contributed by atoms with E-state index in [1.807, 2.05) is 37.3 Å². The molecule has 0 aliphatic heterocycles. The monoisotopic (exact) mass is 203 g/mol. The van der Waals surface area contributed by atoms with Gasteiger partial charge in [-0.3, -0.25) is 0 Å². The fraction of sp³-hybridized carbons (Fsp3) is 0.250. The number of hydrogen-bond acceptors (Lipinski definition) is 3. The highest BCUT2D eigenvalue weighted by atomic mass is 16.5. The first-order valence-corrected chi connectivity index (χ1v) is 5.00. The number of aryl methyl sites for hydroxylation is 1. The van der Waals surface area contributed by atoms with Gasteiger partial charge in [0.25, 0.3) is 0 Å². The molecule has 1 heterocycles. The van der Waals surface area contributed by atoms with Gasteiger partial charge in [0.15, 0.2) is 0 Å². The van der Waals surface area contributed by atoms with Crippen LogP contribution in [0.2, 0.25) is 0 Å². The van der Waals surface area contributed by atoms with E-state index in [0.29, 0.717) is 0 Å². The Bertz CT molecular complexity index is 434. The minimum Gasteiger partial charge on any atom is -0.391 e. The summed E-state index contributed by atoms with van der Waals surface area (Å²) in [5.74, 6) is 0.761. The summed E-state index contributed by atoms with van der Waals surface area (Å²) >= 11 is 0. The fourth-order valence-electron chi connectivity index (χ4n) is 1.61. The highest BCUT2D eigenvalue weighted by Crippen LogP contribution is 2.25. The van der Waals surface area contributed by atoms with Crippen LogP contribution >= 0.6 is 0 Å². The van der Waals surface area contributed by atoms with Gasteiger partial charge in [0, 0.05) is 17.5 Å². The fourth-order valence-corrected chi connectivity index (χ4v) is 1.61. The minimum absolute atomic E-state index is 0.0309. The van der Waals surface area contributed by atoms with Crippen molar-refractivity contribution in [2.24, 2.45) is 0 Å². The van der Waals surface area contributed by atoms with Gasteiger partial charge in [0.1, 0.15) is 11.5 Å². The van der Waals surface area contributed by atoms with Gasteiger partial charge in [-0.25, -0.2) is 0 Å². The smallest absolute Gasteiger partial charge is 0.142 e. The molecule has 0 fully saturated rings. The molecule has 0 saturated carbocycles. The lowest BCUT2D eigenvalue weighted by Crippen LogP contribution is -1.90. The number of nitrogens with zero attached hydrogens (tertiary/aromatic N) is 1. The summed E-state index contributed by atoms with van der Waals surface area (Å²) in [5.41, 5.74) is 2.52. The molecular weight excluding hydrogens is 190 g/mol. The second kappa shape index (κ2) is 4.28. The maximum absolute atomic E-state index is 9.28. The average Bonchev–Trinajstić information content (AvgIpc) is 2.72. The quantitative estimate of drug-likeness (QED) is 0.833. The Balaban J connectivity index is 2.49. The van der Waals surface area contributed by atoms with Crippen LogP contribution in [0.4, 0.5) is 0 Å². The molecule has 3 nitrogen and oxygen atoms in total. The molecule has 0 unspecified atom stereocenters. The third kappa shape index (κ3) is 1.78. The van der Waals surface area contributed by atoms with Crippen LogP contribution in [-0.4, -0.2) is 10.3 Å². The molecule has 0 spiro atoms. The largest absolute Gasteiger partial charge is 0.391 e. The third-order valence-corrected chi connectivity index (χ3v) is 2.40. The molecular formula is C12H13NO2. The van der Waals surface area contributed by atoms with E-state index < -0.39 is 0 Å². The Hall–Kier alpha value is -1.61. The first-order chi connectivity index (χ1) is 7.36. The van der Waals surface area contributed by atoms with Crippen molar-refractivity contribution in [1.82, 2.24) is 5.16 Å². The Morgan fingerprint density at radius 2 is 2.00 bits per heavy atom. The predicted molar refractivity (Wildman–Crippen MR) is 57.2 cm³/mol. The second-order valence-electron chi connectivity index (χ2n) is 3.31. The lowest BCUT2D eigenvalue weighted by Gasteiger charge is -1.98. The van der Waals surface area contributed by atoms with E-state index in [-0.39, 0.29) is 6.61 Å². The number of benzene rings is 1. The van der Waals surface area contributed by atoms with Gasteiger partial charge in [-0.1, -0.05) is 42.4 Å². The maximum Gasteiger partial charge on any atom is 0.142 e. The molecule has 1 aromatic carbocycles. The van der Waals surface area contributed by atoms with Crippen LogP contribution in [0.1, 0.15) is 18.2 Å². The van der Waals surface area contributed by atoms with Gasteiger partial charge >= 0.3 is 0 Å². The molecule has 0 aliphatic carbocycles. The Morgan fingerprint density at radius 1 is 1.27 bits per heavy atom. The third-order valence-electron chi connectivity index (χ3n) is 2.40. The molecule has 0 aliphatic rings. The van der Waals surface area contributed by atoms with Crippen molar-refractivity contribution in [1.29, 1.82) is 0 Å². The number of aliphatic hydroxyl groups excluding tert-OH is 1. The number of rotatable bonds is 3. The van der Waals surface area contributed by atoms with Crippen molar-refractivity contribution in [2.75, 3.05) is 0 Å². The van der Waals surface area contributed by atoms with Crippen molar-refractivity contribution in [3.05, 3.63) is 41.7 Å². The Kier molecular flexibility index (Phi) is 2.83. The molecule has 3 heteroatoms. The lowest BCUT2D eigenvalue weighted by atomic mass is 10.1. The zero-order chi connectivity index (χ0) is 10.7. The summed E-state index contributed by atoms with van der Waals surface area (Å²) in [6, 6.07) is 9.74. The standard InChI is InChI=1S/C12H13NO2/c1-2-11-10(8-14)12(13-15-11)9-6-4-3-5-7-9/h3-7,14H,2,8H2,1H3. The molecule has 0 amide bonds. The van der Waals surface area contributed by atoms with Crippen LogP contribution < -0.4 is 0 Å². The van der Waals surface area contributed by atoms with E-state index in [2.05, 4.69) is 5.16 Å². The van der Waals surface area contributed by atoms with Crippen LogP contribution in [0.15, 0.2) is 34.9 Å². The molecule has 0 saturated heterocycles. The van der Waals surface area contributed by atoms with Crippen LogP contribution in [0.5, 0.6) is 0 Å². The van der Waals surface area contributed by atoms with Crippen molar-refractivity contribution < 1.29 is 9.63 Å². The van der Waals surface area contributed by atoms with E-state index in [1.54, 1.807) is 0 Å². The molecule has 2 aromatic rings. The Morgan fingerprint density at radius 3 is 2.60 bits per heavy atom. The predicted octanol–water partition coefficient (Wildman–Crippen LogP) is 2.40. The van der Waals surface area contributed by atoms with Crippen molar-refractivity contribution in [2.45, 2.75) is 20.0 Å². The van der Waals surface area contributed by atoms with Gasteiger partial charge in [0.2, 0.25) is 0 Å². The normalized spacial score (nSPS) is 10.5. The van der Waals surface area contributed by atoms with Gasteiger partial charge in [-0.2, -0.15) is 0 Å². The summed E-state index contributed by atoms with van der Waals surface area (Å²) in [7, 11) is 0. The SMILES string of the molecule is CCc1onc(-c2ccccc2)c1CO. The maximum atomic E-state index is 9.28. The van der Waals surface area contributed by atoms with Gasteiger partial charge < -0.3 is 9.63 Å². The lowest BCUT2D eigenvalue weighted by molar-refractivity contribution is 0.277. The minimum atomic E-state index is -0.0309. The van der Waals surface area contributed by atoms with Crippen LogP contribution in [0, 0.1) is 0 Å². The second-order valence-corrected chi connectivity index (χ2v) is 3.31. The van der Waals surface area contributed by atoms with Crippen molar-refractivity contribution in [3.8, 4) is 11.3 Å². The molecule has 2 rings (SSSR count). The van der Waals surface area contributed by atoms with E-state index in [4.69, 9.17) is 4.52 Å². The number of aromatic nitrogens is 1. The summed E-state index contributed by atoms with van der Waals surface area (Å²) in [6.45, 7) is 1.95. The van der Waals surface area contributed by atoms with E-state index in [9.17, 15) is 5.11 Å². The summed E-state index contributed by atoms with van der Waals surface area (Å²) in [4.78, 5) is 0. The Labute approximate surface area is 88.3 Å². The molecule has 78 valence electrons. The topological polar surface area (TPSA) is 46.3 Å². The van der Waals surface area contributed by atoms with Gasteiger partial charge in [0.05, 0.1) is 6.61 Å². The summed E-state index contributed by atoms with van der Waals surface area (Å²) in [6.07, 6.45) is 0.746. The average molecular weight is 203 g/mol. The summed E-state index contributed by atoms with van der Waals surface area (Å²) in [5, 5.41) is 13.3. The molecule has 1 N–H and O–H groups in total. The van der Waals surface area contributed by atoms with Crippen LogP contribution in [0.3, 0.4) is 0 Å². The summed E-state index contributed by atoms with van der Waals surface area (Å²) < 4.78 is 5.18. The highest BCUT2D eigenvalue weighted by molar-refractivity contribution is 5.63. The molecule has 15 heavy (non-hydrogen) atoms. The molecule has 0 atom stereocenters. The van der Waals surface area contributed by atoms with Gasteiger partial charge in [-0.05, 0) is 0 Å². The zero-order valence-electron chi connectivity index (χ0n) is 8.60. The molecule has 1 aromatic heterocycles.